The third-order valence-electron chi connectivity index (χ3n) is 6.33. The maximum Gasteiger partial charge on any atom is 0.248 e. The first-order valence-electron chi connectivity index (χ1n) is 10.2. The minimum Gasteiger partial charge on any atom is -0.375 e. The summed E-state index contributed by atoms with van der Waals surface area (Å²) < 4.78 is 32.6. The molecule has 1 saturated carbocycles. The lowest BCUT2D eigenvalue weighted by atomic mass is 9.68. The normalized spacial score (nSPS) is 23.9. The second-order valence-electron chi connectivity index (χ2n) is 8.20. The Hall–Kier alpha value is -1.92. The lowest BCUT2D eigenvalue weighted by Gasteiger charge is -2.46. The van der Waals surface area contributed by atoms with Gasteiger partial charge in [-0.1, -0.05) is 18.9 Å². The number of nitrogens with one attached hydrogen (secondary N) is 1. The van der Waals surface area contributed by atoms with Crippen LogP contribution in [0.25, 0.3) is 0 Å². The van der Waals surface area contributed by atoms with Gasteiger partial charge in [0.05, 0.1) is 5.60 Å². The van der Waals surface area contributed by atoms with Crippen molar-refractivity contribution in [3.8, 4) is 0 Å². The van der Waals surface area contributed by atoms with Crippen LogP contribution in [0, 0.1) is 11.8 Å². The van der Waals surface area contributed by atoms with Gasteiger partial charge in [-0.3, -0.25) is 4.98 Å². The zero-order chi connectivity index (χ0) is 19.5. The molecule has 150 valence electrons. The molecule has 0 amide bonds. The Morgan fingerprint density at radius 1 is 1.11 bits per heavy atom. The van der Waals surface area contributed by atoms with E-state index in [4.69, 9.17) is 9.72 Å². The molecule has 1 aliphatic heterocycles. The van der Waals surface area contributed by atoms with Gasteiger partial charge >= 0.3 is 0 Å². The molecule has 0 bridgehead atoms. The van der Waals surface area contributed by atoms with Gasteiger partial charge in [0.15, 0.2) is 5.82 Å². The van der Waals surface area contributed by atoms with Crippen molar-refractivity contribution in [3.05, 3.63) is 59.7 Å². The van der Waals surface area contributed by atoms with Crippen LogP contribution in [-0.2, 0) is 16.7 Å². The Kier molecular flexibility index (Phi) is 5.69. The van der Waals surface area contributed by atoms with E-state index in [1.165, 1.54) is 25.1 Å². The molecular weight excluding hydrogens is 360 g/mol. The van der Waals surface area contributed by atoms with Gasteiger partial charge in [-0.15, -0.1) is 0 Å². The van der Waals surface area contributed by atoms with Crippen LogP contribution in [0.3, 0.4) is 0 Å². The molecule has 1 atom stereocenters. The number of rotatable bonds is 6. The summed E-state index contributed by atoms with van der Waals surface area (Å²) in [5, 5.41) is 3.37. The number of nitrogens with zero attached hydrogens (tertiary/aromatic N) is 2. The standard InChI is InChI=1S/C22H27F2N3O/c23-18-13-17(15-27-20(18)24)14-25-11-8-21(19-5-1-4-10-26-19)9-12-28-22(16-21)6-2-3-7-22/h1,4-5,10,13,15,25H,2-3,6-9,11-12,14,16H2/t21-/m0/s1. The number of halogens is 2. The zero-order valence-corrected chi connectivity index (χ0v) is 16.1. The van der Waals surface area contributed by atoms with Crippen LogP contribution in [0.4, 0.5) is 8.78 Å². The quantitative estimate of drug-likeness (QED) is 0.593. The minimum absolute atomic E-state index is 0.000221. The lowest BCUT2D eigenvalue weighted by Crippen LogP contribution is -2.47. The van der Waals surface area contributed by atoms with Crippen molar-refractivity contribution in [1.82, 2.24) is 15.3 Å². The molecule has 2 aromatic heterocycles. The third kappa shape index (κ3) is 4.08. The van der Waals surface area contributed by atoms with Crippen LogP contribution in [0.15, 0.2) is 36.7 Å². The summed E-state index contributed by atoms with van der Waals surface area (Å²) in [6, 6.07) is 7.34. The van der Waals surface area contributed by atoms with E-state index in [0.29, 0.717) is 12.1 Å². The van der Waals surface area contributed by atoms with Gasteiger partial charge in [-0.25, -0.2) is 9.37 Å². The number of hydrogen-bond acceptors (Lipinski definition) is 4. The highest BCUT2D eigenvalue weighted by Crippen LogP contribution is 2.49. The van der Waals surface area contributed by atoms with Gasteiger partial charge < -0.3 is 10.1 Å². The molecule has 2 fully saturated rings. The van der Waals surface area contributed by atoms with Crippen LogP contribution >= 0.6 is 0 Å². The molecule has 1 N–H and O–H groups in total. The van der Waals surface area contributed by atoms with E-state index in [1.807, 2.05) is 12.3 Å². The molecule has 1 saturated heterocycles. The molecular formula is C22H27F2N3O. The Morgan fingerprint density at radius 2 is 1.96 bits per heavy atom. The topological polar surface area (TPSA) is 47.0 Å². The fourth-order valence-electron chi connectivity index (χ4n) is 4.91. The van der Waals surface area contributed by atoms with E-state index < -0.39 is 11.8 Å². The van der Waals surface area contributed by atoms with Crippen LogP contribution in [-0.4, -0.2) is 28.7 Å². The summed E-state index contributed by atoms with van der Waals surface area (Å²) in [5.74, 6) is -1.96. The Bertz CT molecular complexity index is 796. The molecule has 4 rings (SSSR count). The smallest absolute Gasteiger partial charge is 0.248 e. The first kappa shape index (κ1) is 19.4. The number of hydrogen-bond donors (Lipinski definition) is 1. The molecule has 0 unspecified atom stereocenters. The first-order chi connectivity index (χ1) is 13.6. The Labute approximate surface area is 164 Å². The predicted molar refractivity (Wildman–Crippen MR) is 103 cm³/mol. The van der Waals surface area contributed by atoms with Crippen molar-refractivity contribution in [2.24, 2.45) is 0 Å². The summed E-state index contributed by atoms with van der Waals surface area (Å²) in [6.45, 7) is 2.00. The van der Waals surface area contributed by atoms with E-state index in [1.54, 1.807) is 0 Å². The Morgan fingerprint density at radius 3 is 2.71 bits per heavy atom. The molecule has 4 nitrogen and oxygen atoms in total. The molecule has 0 radical (unpaired) electrons. The minimum atomic E-state index is -1.05. The van der Waals surface area contributed by atoms with Crippen LogP contribution in [0.5, 0.6) is 0 Å². The second kappa shape index (κ2) is 8.21. The van der Waals surface area contributed by atoms with Crippen molar-refractivity contribution in [3.63, 3.8) is 0 Å². The zero-order valence-electron chi connectivity index (χ0n) is 16.1. The fourth-order valence-corrected chi connectivity index (χ4v) is 4.91. The third-order valence-corrected chi connectivity index (χ3v) is 6.33. The highest BCUT2D eigenvalue weighted by atomic mass is 19.2. The SMILES string of the molecule is Fc1cc(CNCC[C@]2(c3ccccn3)CCOC3(CCCC3)C2)cnc1F. The van der Waals surface area contributed by atoms with Crippen molar-refractivity contribution >= 4 is 0 Å². The highest BCUT2D eigenvalue weighted by Gasteiger charge is 2.48. The Balaban J connectivity index is 1.45. The van der Waals surface area contributed by atoms with Gasteiger partial charge in [-0.2, -0.15) is 4.39 Å². The molecule has 6 heteroatoms. The second-order valence-corrected chi connectivity index (χ2v) is 8.20. The van der Waals surface area contributed by atoms with E-state index in [0.717, 1.165) is 50.9 Å². The predicted octanol–water partition coefficient (Wildman–Crippen LogP) is 4.30. The summed E-state index contributed by atoms with van der Waals surface area (Å²) in [7, 11) is 0. The number of pyridine rings is 2. The molecule has 2 aromatic rings. The fraction of sp³-hybridized carbons (Fsp3) is 0.545. The molecule has 0 aromatic carbocycles. The summed E-state index contributed by atoms with van der Waals surface area (Å²) in [4.78, 5) is 8.15. The molecule has 1 spiro atoms. The van der Waals surface area contributed by atoms with Crippen molar-refractivity contribution < 1.29 is 13.5 Å². The first-order valence-corrected chi connectivity index (χ1v) is 10.2. The maximum atomic E-state index is 13.3. The van der Waals surface area contributed by atoms with Crippen LogP contribution in [0.2, 0.25) is 0 Å². The van der Waals surface area contributed by atoms with Gasteiger partial charge in [0.2, 0.25) is 5.95 Å². The average Bonchev–Trinajstić information content (AvgIpc) is 3.16. The molecule has 28 heavy (non-hydrogen) atoms. The van der Waals surface area contributed by atoms with E-state index in [-0.39, 0.29) is 11.0 Å². The van der Waals surface area contributed by atoms with Crippen molar-refractivity contribution in [2.45, 2.75) is 62.5 Å². The van der Waals surface area contributed by atoms with E-state index >= 15 is 0 Å². The van der Waals surface area contributed by atoms with E-state index in [9.17, 15) is 8.78 Å². The van der Waals surface area contributed by atoms with Crippen molar-refractivity contribution in [2.75, 3.05) is 13.2 Å². The molecule has 2 aliphatic rings. The average molecular weight is 387 g/mol. The largest absolute Gasteiger partial charge is 0.375 e. The maximum absolute atomic E-state index is 13.3. The number of ether oxygens (including phenoxy) is 1. The summed E-state index contributed by atoms with van der Waals surface area (Å²) in [5.41, 5.74) is 1.77. The summed E-state index contributed by atoms with van der Waals surface area (Å²) in [6.07, 6.45) is 10.9. The summed E-state index contributed by atoms with van der Waals surface area (Å²) >= 11 is 0. The van der Waals surface area contributed by atoms with Gasteiger partial charge in [0.1, 0.15) is 0 Å². The highest BCUT2D eigenvalue weighted by molar-refractivity contribution is 5.21. The number of aromatic nitrogens is 2. The van der Waals surface area contributed by atoms with Crippen LogP contribution in [0.1, 0.15) is 56.2 Å². The van der Waals surface area contributed by atoms with Crippen molar-refractivity contribution in [1.29, 1.82) is 0 Å². The van der Waals surface area contributed by atoms with Crippen LogP contribution < -0.4 is 5.32 Å². The van der Waals surface area contributed by atoms with E-state index in [2.05, 4.69) is 22.4 Å². The monoisotopic (exact) mass is 387 g/mol. The molecule has 3 heterocycles. The molecule has 1 aliphatic carbocycles. The van der Waals surface area contributed by atoms with Gasteiger partial charge in [0, 0.05) is 36.7 Å². The van der Waals surface area contributed by atoms with Gasteiger partial charge in [-0.05, 0) is 62.4 Å². The lowest BCUT2D eigenvalue weighted by molar-refractivity contribution is -0.104. The van der Waals surface area contributed by atoms with Gasteiger partial charge in [0.25, 0.3) is 0 Å².